The van der Waals surface area contributed by atoms with Crippen LogP contribution >= 0.6 is 0 Å². The standard InChI is InChI=1S/C9H19N2O/c1-8(12)7-11(2)5-3-9(10)4-6-11/h9H,3-7,10H2,1-2H3/q+1. The van der Waals surface area contributed by atoms with Crippen molar-refractivity contribution in [1.82, 2.24) is 0 Å². The zero-order valence-corrected chi connectivity index (χ0v) is 8.05. The molecule has 3 heteroatoms. The molecule has 0 aliphatic carbocycles. The Morgan fingerprint density at radius 1 is 1.50 bits per heavy atom. The minimum Gasteiger partial charge on any atom is -0.327 e. The summed E-state index contributed by atoms with van der Waals surface area (Å²) < 4.78 is 0.892. The van der Waals surface area contributed by atoms with Gasteiger partial charge in [-0.2, -0.15) is 0 Å². The van der Waals surface area contributed by atoms with Crippen LogP contribution < -0.4 is 5.73 Å². The van der Waals surface area contributed by atoms with E-state index < -0.39 is 0 Å². The highest BCUT2D eigenvalue weighted by Gasteiger charge is 2.29. The summed E-state index contributed by atoms with van der Waals surface area (Å²) in [6.45, 7) is 4.45. The van der Waals surface area contributed by atoms with Gasteiger partial charge in [0.15, 0.2) is 5.78 Å². The lowest BCUT2D eigenvalue weighted by atomic mass is 10.0. The van der Waals surface area contributed by atoms with Crippen molar-refractivity contribution in [1.29, 1.82) is 0 Å². The van der Waals surface area contributed by atoms with Crippen molar-refractivity contribution in [3.63, 3.8) is 0 Å². The summed E-state index contributed by atoms with van der Waals surface area (Å²) in [5, 5.41) is 0. The molecule has 70 valence electrons. The van der Waals surface area contributed by atoms with Crippen molar-refractivity contribution in [2.45, 2.75) is 25.8 Å². The fraction of sp³-hybridized carbons (Fsp3) is 0.889. The molecule has 0 unspecified atom stereocenters. The summed E-state index contributed by atoms with van der Waals surface area (Å²) in [4.78, 5) is 11.0. The van der Waals surface area contributed by atoms with E-state index >= 15 is 0 Å². The van der Waals surface area contributed by atoms with E-state index in [-0.39, 0.29) is 5.78 Å². The number of nitrogens with zero attached hydrogens (tertiary/aromatic N) is 1. The second-order valence-electron chi connectivity index (χ2n) is 4.26. The van der Waals surface area contributed by atoms with Crippen molar-refractivity contribution in [3.05, 3.63) is 0 Å². The Kier molecular flexibility index (Phi) is 2.85. The fourth-order valence-corrected chi connectivity index (χ4v) is 1.91. The van der Waals surface area contributed by atoms with Crippen molar-refractivity contribution in [2.75, 3.05) is 26.7 Å². The lowest BCUT2D eigenvalue weighted by molar-refractivity contribution is -0.906. The van der Waals surface area contributed by atoms with E-state index in [1.165, 1.54) is 0 Å². The van der Waals surface area contributed by atoms with E-state index in [4.69, 9.17) is 5.73 Å². The number of ketones is 1. The van der Waals surface area contributed by atoms with Gasteiger partial charge in [-0.25, -0.2) is 0 Å². The maximum atomic E-state index is 11.0. The molecule has 3 nitrogen and oxygen atoms in total. The molecule has 1 aliphatic rings. The van der Waals surface area contributed by atoms with Crippen LogP contribution in [0.3, 0.4) is 0 Å². The quantitative estimate of drug-likeness (QED) is 0.601. The van der Waals surface area contributed by atoms with E-state index in [0.717, 1.165) is 30.4 Å². The first-order valence-corrected chi connectivity index (χ1v) is 4.60. The molecular formula is C9H19N2O+. The van der Waals surface area contributed by atoms with Crippen LogP contribution in [0.25, 0.3) is 0 Å². The molecule has 1 aliphatic heterocycles. The Bertz CT molecular complexity index is 171. The topological polar surface area (TPSA) is 43.1 Å². The predicted molar refractivity (Wildman–Crippen MR) is 48.7 cm³/mol. The highest BCUT2D eigenvalue weighted by molar-refractivity contribution is 5.76. The SMILES string of the molecule is CC(=O)C[N+]1(C)CCC(N)CC1. The molecule has 12 heavy (non-hydrogen) atoms. The lowest BCUT2D eigenvalue weighted by Crippen LogP contribution is -2.54. The Morgan fingerprint density at radius 3 is 2.42 bits per heavy atom. The van der Waals surface area contributed by atoms with Crippen LogP contribution in [0.15, 0.2) is 0 Å². The van der Waals surface area contributed by atoms with Crippen LogP contribution in [0.1, 0.15) is 19.8 Å². The van der Waals surface area contributed by atoms with Gasteiger partial charge in [0.05, 0.1) is 20.1 Å². The Balaban J connectivity index is 2.44. The number of carbonyl (C=O) groups is 1. The molecule has 0 radical (unpaired) electrons. The first-order chi connectivity index (χ1) is 5.52. The van der Waals surface area contributed by atoms with E-state index in [2.05, 4.69) is 7.05 Å². The molecule has 0 aromatic heterocycles. The number of piperidine rings is 1. The molecule has 1 saturated heterocycles. The summed E-state index contributed by atoms with van der Waals surface area (Å²) >= 11 is 0. The van der Waals surface area contributed by atoms with Gasteiger partial charge in [0.1, 0.15) is 6.54 Å². The van der Waals surface area contributed by atoms with Gasteiger partial charge in [0.2, 0.25) is 0 Å². The largest absolute Gasteiger partial charge is 0.327 e. The molecule has 1 fully saturated rings. The Morgan fingerprint density at radius 2 is 2.00 bits per heavy atom. The number of likely N-dealkylation sites (N-methyl/N-ethyl adjacent to an activating group) is 1. The number of Topliss-reactive ketones (excluding diaryl/α,β-unsaturated/α-hetero) is 1. The van der Waals surface area contributed by atoms with E-state index in [0.29, 0.717) is 12.6 Å². The van der Waals surface area contributed by atoms with Gasteiger partial charge in [-0.15, -0.1) is 0 Å². The second-order valence-corrected chi connectivity index (χ2v) is 4.26. The van der Waals surface area contributed by atoms with Crippen LogP contribution in [0, 0.1) is 0 Å². The van der Waals surface area contributed by atoms with Gasteiger partial charge in [-0.05, 0) is 0 Å². The van der Waals surface area contributed by atoms with Gasteiger partial charge < -0.3 is 10.2 Å². The third-order valence-electron chi connectivity index (χ3n) is 2.68. The van der Waals surface area contributed by atoms with Crippen molar-refractivity contribution >= 4 is 5.78 Å². The number of nitrogens with two attached hydrogens (primary N) is 1. The van der Waals surface area contributed by atoms with Gasteiger partial charge in [-0.1, -0.05) is 0 Å². The average molecular weight is 171 g/mol. The minimum atomic E-state index is 0.285. The zero-order chi connectivity index (χ0) is 9.19. The second kappa shape index (κ2) is 3.54. The zero-order valence-electron chi connectivity index (χ0n) is 8.05. The first-order valence-electron chi connectivity index (χ1n) is 4.60. The van der Waals surface area contributed by atoms with E-state index in [1.807, 2.05) is 0 Å². The Labute approximate surface area is 74.1 Å². The number of rotatable bonds is 2. The third kappa shape index (κ3) is 2.57. The monoisotopic (exact) mass is 171 g/mol. The summed E-state index contributed by atoms with van der Waals surface area (Å²) in [7, 11) is 2.15. The summed E-state index contributed by atoms with van der Waals surface area (Å²) in [6, 6.07) is 0.364. The number of hydrogen-bond donors (Lipinski definition) is 1. The highest BCUT2D eigenvalue weighted by Crippen LogP contribution is 2.15. The smallest absolute Gasteiger partial charge is 0.183 e. The molecule has 2 N–H and O–H groups in total. The average Bonchev–Trinajstić information content (AvgIpc) is 1.94. The summed E-state index contributed by atoms with van der Waals surface area (Å²) in [5.74, 6) is 0.285. The fourth-order valence-electron chi connectivity index (χ4n) is 1.91. The number of quaternary nitrogens is 1. The minimum absolute atomic E-state index is 0.285. The normalized spacial score (nSPS) is 36.4. The molecular weight excluding hydrogens is 152 g/mol. The maximum Gasteiger partial charge on any atom is 0.183 e. The van der Waals surface area contributed by atoms with Gasteiger partial charge in [-0.3, -0.25) is 4.79 Å². The molecule has 0 saturated carbocycles. The summed E-state index contributed by atoms with van der Waals surface area (Å²) in [6.07, 6.45) is 2.12. The van der Waals surface area contributed by atoms with Crippen LogP contribution in [-0.4, -0.2) is 43.0 Å². The third-order valence-corrected chi connectivity index (χ3v) is 2.68. The van der Waals surface area contributed by atoms with Gasteiger partial charge in [0, 0.05) is 25.8 Å². The Hall–Kier alpha value is -0.410. The van der Waals surface area contributed by atoms with Gasteiger partial charge >= 0.3 is 0 Å². The molecule has 0 bridgehead atoms. The van der Waals surface area contributed by atoms with E-state index in [1.54, 1.807) is 6.92 Å². The number of carbonyl (C=O) groups excluding carboxylic acids is 1. The highest BCUT2D eigenvalue weighted by atomic mass is 16.1. The van der Waals surface area contributed by atoms with Crippen molar-refractivity contribution in [3.8, 4) is 0 Å². The predicted octanol–water partition coefficient (Wildman–Crippen LogP) is 0.143. The number of likely N-dealkylation sites (tertiary alicyclic amines) is 1. The molecule has 0 aromatic rings. The van der Waals surface area contributed by atoms with Crippen molar-refractivity contribution in [2.24, 2.45) is 5.73 Å². The molecule has 0 amide bonds. The molecule has 0 aromatic carbocycles. The molecule has 0 spiro atoms. The van der Waals surface area contributed by atoms with Crippen LogP contribution in [0.5, 0.6) is 0 Å². The van der Waals surface area contributed by atoms with Crippen LogP contribution in [0.2, 0.25) is 0 Å². The van der Waals surface area contributed by atoms with Crippen molar-refractivity contribution < 1.29 is 9.28 Å². The molecule has 1 heterocycles. The molecule has 1 rings (SSSR count). The first kappa shape index (κ1) is 9.68. The molecule has 0 atom stereocenters. The lowest BCUT2D eigenvalue weighted by Gasteiger charge is -2.38. The summed E-state index contributed by atoms with van der Waals surface area (Å²) in [5.41, 5.74) is 5.79. The van der Waals surface area contributed by atoms with Crippen LogP contribution in [0.4, 0.5) is 0 Å². The maximum absolute atomic E-state index is 11.0. The number of hydrogen-bond acceptors (Lipinski definition) is 2. The van der Waals surface area contributed by atoms with E-state index in [9.17, 15) is 4.79 Å². The van der Waals surface area contributed by atoms with Crippen LogP contribution in [-0.2, 0) is 4.79 Å². The van der Waals surface area contributed by atoms with Gasteiger partial charge in [0.25, 0.3) is 0 Å².